The minimum absolute atomic E-state index is 0.111. The number of benzene rings is 1. The van der Waals surface area contributed by atoms with Crippen molar-refractivity contribution in [3.63, 3.8) is 0 Å². The predicted molar refractivity (Wildman–Crippen MR) is 106 cm³/mol. The molecule has 3 rings (SSSR count). The smallest absolute Gasteiger partial charge is 0.328 e. The van der Waals surface area contributed by atoms with Crippen LogP contribution in [0.15, 0.2) is 58.4 Å². The van der Waals surface area contributed by atoms with Crippen molar-refractivity contribution in [2.45, 2.75) is 47.5 Å². The number of halogens is 3. The van der Waals surface area contributed by atoms with E-state index in [4.69, 9.17) is 10.9 Å². The van der Waals surface area contributed by atoms with E-state index in [0.29, 0.717) is 37.8 Å². The maximum atomic E-state index is 13.7. The summed E-state index contributed by atoms with van der Waals surface area (Å²) in [6.07, 6.45) is -1.03. The van der Waals surface area contributed by atoms with Gasteiger partial charge in [-0.3, -0.25) is 0 Å². The molecule has 166 valence electrons. The van der Waals surface area contributed by atoms with E-state index >= 15 is 0 Å². The van der Waals surface area contributed by atoms with Gasteiger partial charge in [-0.25, -0.2) is 22.0 Å². The molecular formula is C19H23F3N2O4S2. The van der Waals surface area contributed by atoms with Gasteiger partial charge in [0.15, 0.2) is 9.84 Å². The van der Waals surface area contributed by atoms with E-state index in [1.54, 1.807) is 6.07 Å². The van der Waals surface area contributed by atoms with E-state index in [2.05, 4.69) is 0 Å². The van der Waals surface area contributed by atoms with Crippen LogP contribution in [0.4, 0.5) is 13.2 Å². The zero-order valence-corrected chi connectivity index (χ0v) is 17.6. The first-order chi connectivity index (χ1) is 13.8. The van der Waals surface area contributed by atoms with Crippen LogP contribution in [0.5, 0.6) is 0 Å². The molecule has 1 saturated carbocycles. The van der Waals surface area contributed by atoms with Crippen LogP contribution in [0, 0.1) is 11.8 Å². The summed E-state index contributed by atoms with van der Waals surface area (Å²) in [5.41, 5.74) is 5.92. The highest BCUT2D eigenvalue weighted by Crippen LogP contribution is 2.48. The van der Waals surface area contributed by atoms with Crippen molar-refractivity contribution in [1.29, 1.82) is 0 Å². The molecule has 1 aromatic carbocycles. The molecule has 2 aliphatic carbocycles. The highest BCUT2D eigenvalue weighted by Gasteiger charge is 2.54. The topological polar surface area (TPSA) is 120 Å². The van der Waals surface area contributed by atoms with E-state index in [1.807, 2.05) is 0 Å². The number of rotatable bonds is 4. The fourth-order valence-corrected chi connectivity index (χ4v) is 7.38. The molecule has 0 spiro atoms. The zero-order chi connectivity index (χ0) is 22.4. The number of primary sulfonamides is 1. The Labute approximate surface area is 173 Å². The molecule has 1 fully saturated rings. The van der Waals surface area contributed by atoms with Crippen molar-refractivity contribution in [3.05, 3.63) is 53.5 Å². The zero-order valence-electron chi connectivity index (χ0n) is 15.9. The molecule has 0 radical (unpaired) electrons. The third kappa shape index (κ3) is 4.08. The van der Waals surface area contributed by atoms with E-state index in [0.717, 1.165) is 6.08 Å². The highest BCUT2D eigenvalue weighted by molar-refractivity contribution is 7.94. The summed E-state index contributed by atoms with van der Waals surface area (Å²) < 4.78 is 90.1. The third-order valence-electron chi connectivity index (χ3n) is 5.83. The standard InChI is InChI=1S/C19H23F3N2O4S2/c20-19(21,22)16-10-11-18(12-17(16)30(24,27)28,13-6-8-14(23)9-7-13)29(25,26)15-4-2-1-3-5-15/h1-5,10-14,16H,6-9,23H2,(H2,24,27,28). The number of nitrogens with two attached hydrogens (primary N) is 2. The average Bonchev–Trinajstić information content (AvgIpc) is 2.67. The largest absolute Gasteiger partial charge is 0.399 e. The molecule has 1 aromatic rings. The first-order valence-electron chi connectivity index (χ1n) is 9.36. The number of sulfonamides is 1. The Bertz CT molecular complexity index is 1060. The first kappa shape index (κ1) is 23.0. The van der Waals surface area contributed by atoms with Gasteiger partial charge in [0.05, 0.1) is 9.80 Å². The van der Waals surface area contributed by atoms with Crippen LogP contribution in [-0.4, -0.2) is 33.8 Å². The lowest BCUT2D eigenvalue weighted by Gasteiger charge is -2.42. The Kier molecular flexibility index (Phi) is 5.96. The Hall–Kier alpha value is -1.69. The molecule has 6 nitrogen and oxygen atoms in total. The Morgan fingerprint density at radius 1 is 0.967 bits per heavy atom. The lowest BCUT2D eigenvalue weighted by atomic mass is 9.75. The molecule has 4 N–H and O–H groups in total. The lowest BCUT2D eigenvalue weighted by Crippen LogP contribution is -2.48. The summed E-state index contributed by atoms with van der Waals surface area (Å²) in [6.45, 7) is 0. The Balaban J connectivity index is 2.27. The fourth-order valence-electron chi connectivity index (χ4n) is 4.25. The minimum atomic E-state index is -4.94. The van der Waals surface area contributed by atoms with Crippen molar-refractivity contribution < 1.29 is 30.0 Å². The fraction of sp³-hybridized carbons (Fsp3) is 0.474. The molecule has 0 aromatic heterocycles. The van der Waals surface area contributed by atoms with Gasteiger partial charge in [-0.05, 0) is 49.8 Å². The van der Waals surface area contributed by atoms with Crippen LogP contribution >= 0.6 is 0 Å². The van der Waals surface area contributed by atoms with Crippen LogP contribution < -0.4 is 10.9 Å². The van der Waals surface area contributed by atoms with Crippen molar-refractivity contribution in [3.8, 4) is 0 Å². The minimum Gasteiger partial charge on any atom is -0.328 e. The van der Waals surface area contributed by atoms with Gasteiger partial charge in [-0.2, -0.15) is 13.2 Å². The Morgan fingerprint density at radius 3 is 2.03 bits per heavy atom. The van der Waals surface area contributed by atoms with Gasteiger partial charge < -0.3 is 5.73 Å². The normalized spacial score (nSPS) is 30.7. The van der Waals surface area contributed by atoms with E-state index < -0.39 is 47.5 Å². The van der Waals surface area contributed by atoms with Crippen molar-refractivity contribution in [2.75, 3.05) is 0 Å². The van der Waals surface area contributed by atoms with Crippen molar-refractivity contribution in [1.82, 2.24) is 0 Å². The molecule has 0 amide bonds. The van der Waals surface area contributed by atoms with Gasteiger partial charge >= 0.3 is 6.18 Å². The first-order valence-corrected chi connectivity index (χ1v) is 12.4. The highest BCUT2D eigenvalue weighted by atomic mass is 32.2. The number of sulfone groups is 1. The van der Waals surface area contributed by atoms with Crippen LogP contribution in [-0.2, 0) is 19.9 Å². The number of hydrogen-bond donors (Lipinski definition) is 2. The second-order valence-corrected chi connectivity index (χ2v) is 11.5. The van der Waals surface area contributed by atoms with Crippen LogP contribution in [0.2, 0.25) is 0 Å². The van der Waals surface area contributed by atoms with E-state index in [9.17, 15) is 30.0 Å². The summed E-state index contributed by atoms with van der Waals surface area (Å²) >= 11 is 0. The number of allylic oxidation sites excluding steroid dienone is 2. The Morgan fingerprint density at radius 2 is 1.53 bits per heavy atom. The van der Waals surface area contributed by atoms with Gasteiger partial charge in [-0.1, -0.05) is 30.4 Å². The lowest BCUT2D eigenvalue weighted by molar-refractivity contribution is -0.150. The van der Waals surface area contributed by atoms with E-state index in [1.165, 1.54) is 24.3 Å². The molecule has 0 bridgehead atoms. The second kappa shape index (κ2) is 7.77. The molecule has 2 unspecified atom stereocenters. The average molecular weight is 465 g/mol. The van der Waals surface area contributed by atoms with Gasteiger partial charge in [0.25, 0.3) is 0 Å². The van der Waals surface area contributed by atoms with Gasteiger partial charge in [0.2, 0.25) is 10.0 Å². The second-order valence-electron chi connectivity index (χ2n) is 7.75. The maximum absolute atomic E-state index is 13.7. The van der Waals surface area contributed by atoms with Gasteiger partial charge in [0, 0.05) is 6.04 Å². The molecular weight excluding hydrogens is 441 g/mol. The van der Waals surface area contributed by atoms with Crippen LogP contribution in [0.1, 0.15) is 25.7 Å². The van der Waals surface area contributed by atoms with Crippen LogP contribution in [0.3, 0.4) is 0 Å². The molecule has 2 atom stereocenters. The number of hydrogen-bond acceptors (Lipinski definition) is 5. The molecule has 0 saturated heterocycles. The quantitative estimate of drug-likeness (QED) is 0.664. The van der Waals surface area contributed by atoms with Crippen molar-refractivity contribution >= 4 is 19.9 Å². The summed E-state index contributed by atoms with van der Waals surface area (Å²) in [5, 5.41) is 5.11. The molecule has 0 aliphatic heterocycles. The molecule has 11 heteroatoms. The maximum Gasteiger partial charge on any atom is 0.399 e. The summed E-state index contributed by atoms with van der Waals surface area (Å²) in [5.74, 6) is -3.15. The van der Waals surface area contributed by atoms with Gasteiger partial charge in [-0.15, -0.1) is 0 Å². The van der Waals surface area contributed by atoms with Gasteiger partial charge in [0.1, 0.15) is 10.7 Å². The summed E-state index contributed by atoms with van der Waals surface area (Å²) in [7, 11) is -9.11. The summed E-state index contributed by atoms with van der Waals surface area (Å²) in [4.78, 5) is -1.26. The third-order valence-corrected chi connectivity index (χ3v) is 9.27. The molecule has 2 aliphatic rings. The molecule has 30 heavy (non-hydrogen) atoms. The van der Waals surface area contributed by atoms with Crippen molar-refractivity contribution in [2.24, 2.45) is 22.7 Å². The van der Waals surface area contributed by atoms with E-state index in [-0.39, 0.29) is 10.9 Å². The predicted octanol–water partition coefficient (Wildman–Crippen LogP) is 2.64. The number of alkyl halides is 3. The SMILES string of the molecule is NC1CCC(C2(S(=O)(=O)c3ccccc3)C=CC(C(F)(F)F)C(S(N)(=O)=O)=C2)CC1. The molecule has 0 heterocycles. The monoisotopic (exact) mass is 464 g/mol. The summed E-state index contributed by atoms with van der Waals surface area (Å²) in [6, 6.07) is 7.11. The van der Waals surface area contributed by atoms with Crippen LogP contribution in [0.25, 0.3) is 0 Å².